The number of benzene rings is 1. The standard InChI is InChI=1S/C44H68N4O10/c1-12-35-44(8,52)39(50)29(4)36(47-55-25-32-17-14-13-15-18-32)27(2)22-43(7,53-11)40(58-42-37(49)34(48(9)10)21-28(3)56-42)30(5)38(31(6)41(51)57-35)54-20-16-19-33-23-45-26-46-24-33/h13-18,20,23-24,26-31,34-35,37-40,42,49-50,52H,12,19,21-22,25H2,1-11H3/b20-16-,47-36+/t27-,28-,29+,30+,31-,34+,35-,37-,38+,39-,40-,42+,43-,44-/m1/s1. The van der Waals surface area contributed by atoms with E-state index in [0.717, 1.165) is 11.1 Å². The van der Waals surface area contributed by atoms with Crippen LogP contribution in [-0.2, 0) is 46.3 Å². The minimum atomic E-state index is -1.88. The van der Waals surface area contributed by atoms with Crippen molar-refractivity contribution < 1.29 is 48.6 Å². The highest BCUT2D eigenvalue weighted by atomic mass is 16.7. The number of carbonyl (C=O) groups excluding carboxylic acids is 1. The molecule has 0 bridgehead atoms. The molecular formula is C44H68N4O10. The fourth-order valence-corrected chi connectivity index (χ4v) is 8.52. The minimum Gasteiger partial charge on any atom is -0.497 e. The van der Waals surface area contributed by atoms with Crippen molar-refractivity contribution in [1.82, 2.24) is 14.9 Å². The second-order valence-electron chi connectivity index (χ2n) is 16.9. The number of oxime groups is 1. The number of aliphatic hydroxyl groups is 3. The molecule has 0 saturated carbocycles. The van der Waals surface area contributed by atoms with Crippen molar-refractivity contribution >= 4 is 11.7 Å². The number of carbonyl (C=O) groups is 1. The van der Waals surface area contributed by atoms with E-state index >= 15 is 0 Å². The molecule has 14 heteroatoms. The van der Waals surface area contributed by atoms with Crippen LogP contribution >= 0.6 is 0 Å². The first kappa shape index (κ1) is 47.2. The topological polar surface area (TPSA) is 175 Å². The fraction of sp³-hybridized carbons (Fsp3) is 0.682. The molecule has 14 atom stereocenters. The number of likely N-dealkylation sites (N-methyl/N-ethyl adjacent to an activating group) is 1. The zero-order chi connectivity index (χ0) is 42.8. The van der Waals surface area contributed by atoms with Crippen molar-refractivity contribution in [3.63, 3.8) is 0 Å². The number of ether oxygens (including phenoxy) is 5. The van der Waals surface area contributed by atoms with Crippen LogP contribution in [0.5, 0.6) is 0 Å². The van der Waals surface area contributed by atoms with Gasteiger partial charge in [-0.1, -0.05) is 63.2 Å². The number of esters is 1. The van der Waals surface area contributed by atoms with Crippen molar-refractivity contribution in [1.29, 1.82) is 0 Å². The first-order chi connectivity index (χ1) is 27.4. The molecule has 0 radical (unpaired) electrons. The number of rotatable bonds is 12. The molecule has 324 valence electrons. The predicted octanol–water partition coefficient (Wildman–Crippen LogP) is 5.09. The van der Waals surface area contributed by atoms with E-state index in [0.29, 0.717) is 18.6 Å². The van der Waals surface area contributed by atoms with Gasteiger partial charge < -0.3 is 48.7 Å². The molecule has 0 amide bonds. The van der Waals surface area contributed by atoms with Gasteiger partial charge in [0.15, 0.2) is 6.29 Å². The van der Waals surface area contributed by atoms with Gasteiger partial charge in [0, 0.05) is 43.3 Å². The van der Waals surface area contributed by atoms with Crippen LogP contribution in [0.2, 0.25) is 0 Å². The third-order valence-electron chi connectivity index (χ3n) is 12.1. The Labute approximate surface area is 344 Å². The number of nitrogens with zero attached hydrogens (tertiary/aromatic N) is 4. The molecule has 0 unspecified atom stereocenters. The average molecular weight is 813 g/mol. The Morgan fingerprint density at radius 1 is 1.02 bits per heavy atom. The maximum absolute atomic E-state index is 14.3. The highest BCUT2D eigenvalue weighted by Gasteiger charge is 2.52. The minimum absolute atomic E-state index is 0.180. The molecule has 58 heavy (non-hydrogen) atoms. The smallest absolute Gasteiger partial charge is 0.312 e. The molecule has 2 fully saturated rings. The molecule has 1 aromatic carbocycles. The summed E-state index contributed by atoms with van der Waals surface area (Å²) in [6, 6.07) is 9.36. The van der Waals surface area contributed by atoms with Gasteiger partial charge in [0.2, 0.25) is 0 Å². The average Bonchev–Trinajstić information content (AvgIpc) is 3.20. The summed E-state index contributed by atoms with van der Waals surface area (Å²) in [5.74, 6) is -3.31. The summed E-state index contributed by atoms with van der Waals surface area (Å²) in [6.07, 6.45) is 3.32. The van der Waals surface area contributed by atoms with Gasteiger partial charge in [0.05, 0.1) is 41.8 Å². The van der Waals surface area contributed by atoms with Gasteiger partial charge in [0.25, 0.3) is 0 Å². The Hall–Kier alpha value is -3.50. The summed E-state index contributed by atoms with van der Waals surface area (Å²) in [5, 5.41) is 40.3. The number of allylic oxidation sites excluding steroid dienone is 1. The molecule has 2 saturated heterocycles. The van der Waals surface area contributed by atoms with Crippen molar-refractivity contribution in [3.8, 4) is 0 Å². The lowest BCUT2D eigenvalue weighted by Crippen LogP contribution is -2.60. The fourth-order valence-electron chi connectivity index (χ4n) is 8.52. The molecule has 3 heterocycles. The molecule has 3 N–H and O–H groups in total. The summed E-state index contributed by atoms with van der Waals surface area (Å²) >= 11 is 0. The van der Waals surface area contributed by atoms with Crippen LogP contribution in [0.1, 0.15) is 85.8 Å². The first-order valence-corrected chi connectivity index (χ1v) is 20.5. The van der Waals surface area contributed by atoms with Crippen molar-refractivity contribution in [2.45, 2.75) is 148 Å². The second kappa shape index (κ2) is 21.1. The second-order valence-corrected chi connectivity index (χ2v) is 16.9. The van der Waals surface area contributed by atoms with Crippen LogP contribution in [0.25, 0.3) is 0 Å². The third-order valence-corrected chi connectivity index (χ3v) is 12.1. The van der Waals surface area contributed by atoms with Crippen LogP contribution in [0.4, 0.5) is 0 Å². The van der Waals surface area contributed by atoms with Crippen molar-refractivity contribution in [2.24, 2.45) is 28.8 Å². The van der Waals surface area contributed by atoms with E-state index in [-0.39, 0.29) is 31.6 Å². The molecule has 0 aliphatic carbocycles. The van der Waals surface area contributed by atoms with E-state index < -0.39 is 77.7 Å². The molecule has 1 aromatic heterocycles. The van der Waals surface area contributed by atoms with Gasteiger partial charge in [0.1, 0.15) is 36.8 Å². The first-order valence-electron chi connectivity index (χ1n) is 20.5. The maximum atomic E-state index is 14.3. The lowest BCUT2D eigenvalue weighted by molar-refractivity contribution is -0.301. The normalized spacial score (nSPS) is 37.7. The van der Waals surface area contributed by atoms with E-state index in [2.05, 4.69) is 15.1 Å². The molecule has 2 aromatic rings. The molecule has 2 aliphatic rings. The summed E-state index contributed by atoms with van der Waals surface area (Å²) in [5.41, 5.74) is -0.769. The number of aromatic nitrogens is 2. The van der Waals surface area contributed by atoms with E-state index in [1.165, 1.54) is 13.3 Å². The quantitative estimate of drug-likeness (QED) is 0.147. The molecule has 2 aliphatic heterocycles. The third kappa shape index (κ3) is 11.6. The van der Waals surface area contributed by atoms with E-state index in [9.17, 15) is 20.1 Å². The number of hydrogen-bond donors (Lipinski definition) is 3. The Balaban J connectivity index is 1.85. The van der Waals surface area contributed by atoms with Gasteiger partial charge in [-0.05, 0) is 84.7 Å². The maximum Gasteiger partial charge on any atom is 0.312 e. The number of aliphatic hydroxyl groups excluding tert-OH is 2. The molecule has 0 spiro atoms. The van der Waals surface area contributed by atoms with Crippen LogP contribution < -0.4 is 0 Å². The monoisotopic (exact) mass is 812 g/mol. The van der Waals surface area contributed by atoms with Crippen molar-refractivity contribution in [2.75, 3.05) is 21.2 Å². The Morgan fingerprint density at radius 2 is 1.69 bits per heavy atom. The molecule has 14 nitrogen and oxygen atoms in total. The van der Waals surface area contributed by atoms with Gasteiger partial charge in [-0.3, -0.25) is 4.79 Å². The van der Waals surface area contributed by atoms with Crippen LogP contribution in [0.3, 0.4) is 0 Å². The Kier molecular flexibility index (Phi) is 17.2. The van der Waals surface area contributed by atoms with E-state index in [1.54, 1.807) is 46.5 Å². The van der Waals surface area contributed by atoms with Crippen LogP contribution in [-0.4, -0.2) is 123 Å². The zero-order valence-electron chi connectivity index (χ0n) is 36.2. The molecule has 4 rings (SSSR count). The Morgan fingerprint density at radius 3 is 2.31 bits per heavy atom. The van der Waals surface area contributed by atoms with Crippen LogP contribution in [0.15, 0.2) is 66.5 Å². The van der Waals surface area contributed by atoms with Crippen molar-refractivity contribution in [3.05, 3.63) is 72.5 Å². The zero-order valence-corrected chi connectivity index (χ0v) is 36.2. The Bertz CT molecular complexity index is 1610. The van der Waals surface area contributed by atoms with E-state index in [4.69, 9.17) is 28.5 Å². The summed E-state index contributed by atoms with van der Waals surface area (Å²) in [7, 11) is 5.42. The number of cyclic esters (lactones) is 1. The summed E-state index contributed by atoms with van der Waals surface area (Å²) < 4.78 is 32.3. The van der Waals surface area contributed by atoms with Crippen LogP contribution in [0, 0.1) is 23.7 Å². The highest BCUT2D eigenvalue weighted by Crippen LogP contribution is 2.40. The number of hydrogen-bond acceptors (Lipinski definition) is 14. The van der Waals surface area contributed by atoms with E-state index in [1.807, 2.05) is 83.1 Å². The predicted molar refractivity (Wildman–Crippen MR) is 219 cm³/mol. The van der Waals surface area contributed by atoms with Gasteiger partial charge in [-0.15, -0.1) is 0 Å². The SMILES string of the molecule is CC[C@H]1OC(=O)[C@H](C)[C@@H](O/C=C\Cc2cncnc2)[C@H](C)[C@@H](O[C@@H]2O[C@H](C)C[C@H](N(C)C)[C@H]2O)[C@](C)(OC)C[C@@H](C)/C(=N\OCc2ccccc2)[C@H](C)[C@@H](O)[C@]1(C)O. The highest BCUT2D eigenvalue weighted by molar-refractivity contribution is 5.88. The largest absolute Gasteiger partial charge is 0.497 e. The molecular weight excluding hydrogens is 745 g/mol. The summed E-state index contributed by atoms with van der Waals surface area (Å²) in [4.78, 5) is 30.3. The van der Waals surface area contributed by atoms with Gasteiger partial charge >= 0.3 is 5.97 Å². The van der Waals surface area contributed by atoms with Gasteiger partial charge in [-0.25, -0.2) is 9.97 Å². The summed E-state index contributed by atoms with van der Waals surface area (Å²) in [6.45, 7) is 14.7. The van der Waals surface area contributed by atoms with Gasteiger partial charge in [-0.2, -0.15) is 0 Å². The number of methoxy groups -OCH3 is 1. The lowest BCUT2D eigenvalue weighted by atomic mass is 9.73. The lowest BCUT2D eigenvalue weighted by Gasteiger charge is -2.48.